The van der Waals surface area contributed by atoms with Crippen LogP contribution in [0.3, 0.4) is 0 Å². The van der Waals surface area contributed by atoms with Crippen molar-refractivity contribution in [3.05, 3.63) is 34.6 Å². The summed E-state index contributed by atoms with van der Waals surface area (Å²) in [6.07, 6.45) is 1.93. The molecule has 2 nitrogen and oxygen atoms in total. The summed E-state index contributed by atoms with van der Waals surface area (Å²) in [7, 11) is 0. The van der Waals surface area contributed by atoms with E-state index in [1.54, 1.807) is 0 Å². The third kappa shape index (κ3) is 3.15. The maximum atomic E-state index is 13.8. The fourth-order valence-corrected chi connectivity index (χ4v) is 2.31. The van der Waals surface area contributed by atoms with E-state index in [2.05, 4.69) is 6.92 Å². The molecule has 1 aliphatic heterocycles. The Bertz CT molecular complexity index is 469. The molecular formula is C15H19F3O2. The van der Waals surface area contributed by atoms with Crippen LogP contribution in [0.2, 0.25) is 0 Å². The standard InChI is InChI=1S/C15H19F3O2/c1-3-4-5-10-7-19-15(20-8-10)12-11(16)6-9(2)13(17)14(12)18/h6,10,15H,3-5,7-8H2,1-2H3/t10-,15-. The highest BCUT2D eigenvalue weighted by molar-refractivity contribution is 5.28. The maximum Gasteiger partial charge on any atom is 0.189 e. The Kier molecular flexibility index (Phi) is 5.05. The fraction of sp³-hybridized carbons (Fsp3) is 0.600. The van der Waals surface area contributed by atoms with E-state index < -0.39 is 29.3 Å². The first-order valence-electron chi connectivity index (χ1n) is 6.91. The predicted octanol–water partition coefficient (Wildman–Crippen LogP) is 4.26. The first kappa shape index (κ1) is 15.3. The average molecular weight is 288 g/mol. The van der Waals surface area contributed by atoms with Gasteiger partial charge in [-0.3, -0.25) is 0 Å². The molecule has 0 atom stereocenters. The van der Waals surface area contributed by atoms with Crippen LogP contribution in [0.5, 0.6) is 0 Å². The Morgan fingerprint density at radius 1 is 1.15 bits per heavy atom. The largest absolute Gasteiger partial charge is 0.348 e. The minimum Gasteiger partial charge on any atom is -0.348 e. The average Bonchev–Trinajstić information content (AvgIpc) is 2.44. The topological polar surface area (TPSA) is 18.5 Å². The summed E-state index contributed by atoms with van der Waals surface area (Å²) in [4.78, 5) is 0. The molecule has 20 heavy (non-hydrogen) atoms. The molecule has 1 aromatic rings. The summed E-state index contributed by atoms with van der Waals surface area (Å²) in [5.74, 6) is -2.88. The molecule has 0 radical (unpaired) electrons. The van der Waals surface area contributed by atoms with Crippen molar-refractivity contribution in [1.29, 1.82) is 0 Å². The lowest BCUT2D eigenvalue weighted by molar-refractivity contribution is -0.208. The third-order valence-corrected chi connectivity index (χ3v) is 3.54. The van der Waals surface area contributed by atoms with E-state index in [9.17, 15) is 13.2 Å². The van der Waals surface area contributed by atoms with Crippen LogP contribution in [0.4, 0.5) is 13.2 Å². The summed E-state index contributed by atoms with van der Waals surface area (Å²) in [5, 5.41) is 0. The molecule has 0 N–H and O–H groups in total. The highest BCUT2D eigenvalue weighted by Gasteiger charge is 2.30. The summed E-state index contributed by atoms with van der Waals surface area (Å²) in [6.45, 7) is 4.15. The van der Waals surface area contributed by atoms with Crippen LogP contribution in [0, 0.1) is 30.3 Å². The van der Waals surface area contributed by atoms with Gasteiger partial charge in [0.05, 0.1) is 18.8 Å². The third-order valence-electron chi connectivity index (χ3n) is 3.54. The molecule has 112 valence electrons. The molecule has 1 aromatic carbocycles. The maximum absolute atomic E-state index is 13.8. The van der Waals surface area contributed by atoms with Crippen molar-refractivity contribution in [2.45, 2.75) is 39.4 Å². The zero-order valence-corrected chi connectivity index (χ0v) is 11.7. The molecule has 0 saturated carbocycles. The Morgan fingerprint density at radius 2 is 1.80 bits per heavy atom. The second kappa shape index (κ2) is 6.59. The van der Waals surface area contributed by atoms with Crippen LogP contribution in [0.15, 0.2) is 6.07 Å². The Labute approximate surface area is 116 Å². The molecule has 2 rings (SSSR count). The molecule has 1 saturated heterocycles. The second-order valence-electron chi connectivity index (χ2n) is 5.22. The molecule has 5 heteroatoms. The number of aryl methyl sites for hydroxylation is 1. The van der Waals surface area contributed by atoms with Crippen LogP contribution in [0.1, 0.15) is 43.6 Å². The van der Waals surface area contributed by atoms with Crippen molar-refractivity contribution in [3.63, 3.8) is 0 Å². The van der Waals surface area contributed by atoms with Gasteiger partial charge in [0.15, 0.2) is 17.9 Å². The number of hydrogen-bond acceptors (Lipinski definition) is 2. The number of unbranched alkanes of at least 4 members (excludes halogenated alkanes) is 1. The number of halogens is 3. The number of rotatable bonds is 4. The highest BCUT2D eigenvalue weighted by atomic mass is 19.2. The van der Waals surface area contributed by atoms with Gasteiger partial charge < -0.3 is 9.47 Å². The second-order valence-corrected chi connectivity index (χ2v) is 5.22. The zero-order chi connectivity index (χ0) is 14.7. The summed E-state index contributed by atoms with van der Waals surface area (Å²) in [5.41, 5.74) is -0.539. The van der Waals surface area contributed by atoms with Crippen molar-refractivity contribution in [2.75, 3.05) is 13.2 Å². The minimum absolute atomic E-state index is 0.0691. The van der Waals surface area contributed by atoms with Crippen LogP contribution < -0.4 is 0 Å². The summed E-state index contributed by atoms with van der Waals surface area (Å²) in [6, 6.07) is 0.962. The predicted molar refractivity (Wildman–Crippen MR) is 68.7 cm³/mol. The highest BCUT2D eigenvalue weighted by Crippen LogP contribution is 2.32. The molecule has 0 unspecified atom stereocenters. The Balaban J connectivity index is 2.09. The van der Waals surface area contributed by atoms with Gasteiger partial charge in [-0.25, -0.2) is 13.2 Å². The minimum atomic E-state index is -1.22. The monoisotopic (exact) mass is 288 g/mol. The van der Waals surface area contributed by atoms with E-state index in [0.717, 1.165) is 25.3 Å². The lowest BCUT2D eigenvalue weighted by Gasteiger charge is -2.30. The van der Waals surface area contributed by atoms with Gasteiger partial charge in [0.25, 0.3) is 0 Å². The molecule has 1 fully saturated rings. The normalized spacial score (nSPS) is 23.1. The Morgan fingerprint density at radius 3 is 2.40 bits per heavy atom. The fourth-order valence-electron chi connectivity index (χ4n) is 2.31. The van der Waals surface area contributed by atoms with Gasteiger partial charge in [0.2, 0.25) is 0 Å². The van der Waals surface area contributed by atoms with Gasteiger partial charge in [-0.1, -0.05) is 19.8 Å². The van der Waals surface area contributed by atoms with Gasteiger partial charge in [-0.15, -0.1) is 0 Å². The van der Waals surface area contributed by atoms with Gasteiger partial charge in [0.1, 0.15) is 5.82 Å². The lowest BCUT2D eigenvalue weighted by atomic mass is 10.0. The first-order chi connectivity index (χ1) is 9.54. The van der Waals surface area contributed by atoms with E-state index >= 15 is 0 Å². The van der Waals surface area contributed by atoms with Gasteiger partial charge in [-0.05, 0) is 25.0 Å². The van der Waals surface area contributed by atoms with Gasteiger partial charge in [0, 0.05) is 5.92 Å². The molecule has 0 aromatic heterocycles. The Hall–Kier alpha value is -1.07. The van der Waals surface area contributed by atoms with Crippen LogP contribution in [-0.4, -0.2) is 13.2 Å². The van der Waals surface area contributed by atoms with Crippen LogP contribution in [-0.2, 0) is 9.47 Å². The van der Waals surface area contributed by atoms with Gasteiger partial charge >= 0.3 is 0 Å². The summed E-state index contributed by atoms with van der Waals surface area (Å²) >= 11 is 0. The van der Waals surface area contributed by atoms with Crippen molar-refractivity contribution >= 4 is 0 Å². The van der Waals surface area contributed by atoms with Crippen LogP contribution >= 0.6 is 0 Å². The van der Waals surface area contributed by atoms with Gasteiger partial charge in [-0.2, -0.15) is 0 Å². The molecule has 0 amide bonds. The molecule has 0 spiro atoms. The van der Waals surface area contributed by atoms with Crippen molar-refractivity contribution in [2.24, 2.45) is 5.92 Å². The zero-order valence-electron chi connectivity index (χ0n) is 11.7. The summed E-state index contributed by atoms with van der Waals surface area (Å²) < 4.78 is 51.9. The molecule has 0 bridgehead atoms. The smallest absolute Gasteiger partial charge is 0.189 e. The molecular weight excluding hydrogens is 269 g/mol. The van der Waals surface area contributed by atoms with E-state index in [1.165, 1.54) is 6.92 Å². The molecule has 1 aliphatic rings. The SMILES string of the molecule is CCCC[C@H]1CO[C@H](c2c(F)cc(C)c(F)c2F)OC1. The van der Waals surface area contributed by atoms with Crippen molar-refractivity contribution in [1.82, 2.24) is 0 Å². The van der Waals surface area contributed by atoms with E-state index in [4.69, 9.17) is 9.47 Å². The quantitative estimate of drug-likeness (QED) is 0.771. The van der Waals surface area contributed by atoms with Crippen LogP contribution in [0.25, 0.3) is 0 Å². The number of hydrogen-bond donors (Lipinski definition) is 0. The molecule has 0 aliphatic carbocycles. The number of benzene rings is 1. The first-order valence-corrected chi connectivity index (χ1v) is 6.91. The van der Waals surface area contributed by atoms with Crippen molar-refractivity contribution in [3.8, 4) is 0 Å². The lowest BCUT2D eigenvalue weighted by Crippen LogP contribution is -2.28. The van der Waals surface area contributed by atoms with E-state index in [1.807, 2.05) is 0 Å². The van der Waals surface area contributed by atoms with Crippen molar-refractivity contribution < 1.29 is 22.6 Å². The van der Waals surface area contributed by atoms with E-state index in [0.29, 0.717) is 13.2 Å². The molecule has 1 heterocycles. The number of ether oxygens (including phenoxy) is 2. The van der Waals surface area contributed by atoms with E-state index in [-0.39, 0.29) is 11.5 Å².